The highest BCUT2D eigenvalue weighted by atomic mass is 35.5. The zero-order valence-electron chi connectivity index (χ0n) is 11.7. The van der Waals surface area contributed by atoms with Gasteiger partial charge in [-0.2, -0.15) is 0 Å². The van der Waals surface area contributed by atoms with Crippen LogP contribution in [0.4, 0.5) is 11.4 Å². The molecule has 20 heavy (non-hydrogen) atoms. The second kappa shape index (κ2) is 7.09. The van der Waals surface area contributed by atoms with Crippen LogP contribution in [0.5, 0.6) is 0 Å². The van der Waals surface area contributed by atoms with Gasteiger partial charge in [-0.1, -0.05) is 25.4 Å². The molecule has 0 aliphatic heterocycles. The van der Waals surface area contributed by atoms with Crippen LogP contribution in [0.2, 0.25) is 5.02 Å². The van der Waals surface area contributed by atoms with Gasteiger partial charge in [0.05, 0.1) is 15.6 Å². The number of benzene rings is 1. The Morgan fingerprint density at radius 3 is 2.55 bits per heavy atom. The predicted molar refractivity (Wildman–Crippen MR) is 79.2 cm³/mol. The number of nitro groups is 1. The number of hydrogen-bond donors (Lipinski definition) is 2. The summed E-state index contributed by atoms with van der Waals surface area (Å²) in [6, 6.07) is 2.77. The molecule has 2 N–H and O–H groups in total. The molecule has 0 saturated carbocycles. The molecular weight excluding hydrogens is 282 g/mol. The lowest BCUT2D eigenvalue weighted by molar-refractivity contribution is -0.384. The number of carbonyl (C=O) groups excluding carboxylic acids is 1. The molecule has 110 valence electrons. The van der Waals surface area contributed by atoms with Crippen molar-refractivity contribution < 1.29 is 9.72 Å². The van der Waals surface area contributed by atoms with Crippen molar-refractivity contribution in [3.05, 3.63) is 32.8 Å². The average molecular weight is 300 g/mol. The average Bonchev–Trinajstić information content (AvgIpc) is 2.36. The molecule has 7 heteroatoms. The molecule has 1 rings (SSSR count). The number of amides is 1. The van der Waals surface area contributed by atoms with Gasteiger partial charge in [-0.3, -0.25) is 14.9 Å². The van der Waals surface area contributed by atoms with Gasteiger partial charge in [-0.15, -0.1) is 0 Å². The first kappa shape index (κ1) is 16.2. The summed E-state index contributed by atoms with van der Waals surface area (Å²) in [5.74, 6) is -0.0713. The fraction of sp³-hybridized carbons (Fsp3) is 0.462. The third-order valence-corrected chi connectivity index (χ3v) is 3.03. The van der Waals surface area contributed by atoms with Gasteiger partial charge >= 0.3 is 0 Å². The molecule has 1 aromatic carbocycles. The maximum Gasteiger partial charge on any atom is 0.271 e. The minimum atomic E-state index is -0.481. The molecule has 0 atom stereocenters. The molecule has 1 aromatic rings. The van der Waals surface area contributed by atoms with E-state index in [1.165, 1.54) is 12.1 Å². The maximum atomic E-state index is 11.4. The number of halogens is 1. The first-order chi connectivity index (χ1) is 9.32. The third-order valence-electron chi connectivity index (χ3n) is 2.73. The zero-order chi connectivity index (χ0) is 15.3. The molecule has 6 nitrogen and oxygen atoms in total. The number of nitro benzene ring substituents is 1. The van der Waals surface area contributed by atoms with Gasteiger partial charge in [0.2, 0.25) is 5.91 Å². The number of aryl methyl sites for hydroxylation is 1. The van der Waals surface area contributed by atoms with Crippen molar-refractivity contribution in [3.8, 4) is 0 Å². The summed E-state index contributed by atoms with van der Waals surface area (Å²) < 4.78 is 0. The maximum absolute atomic E-state index is 11.4. The van der Waals surface area contributed by atoms with Gasteiger partial charge in [-0.25, -0.2) is 0 Å². The molecule has 0 fully saturated rings. The van der Waals surface area contributed by atoms with Gasteiger partial charge in [0, 0.05) is 31.1 Å². The van der Waals surface area contributed by atoms with Gasteiger partial charge in [0.1, 0.15) is 0 Å². The summed E-state index contributed by atoms with van der Waals surface area (Å²) in [6.07, 6.45) is 0. The van der Waals surface area contributed by atoms with Crippen LogP contribution in [0.1, 0.15) is 19.4 Å². The highest BCUT2D eigenvalue weighted by Crippen LogP contribution is 2.30. The van der Waals surface area contributed by atoms with Crippen molar-refractivity contribution >= 4 is 28.9 Å². The fourth-order valence-electron chi connectivity index (χ4n) is 1.63. The fourth-order valence-corrected chi connectivity index (χ4v) is 1.96. The van der Waals surface area contributed by atoms with Gasteiger partial charge in [-0.05, 0) is 12.5 Å². The summed E-state index contributed by atoms with van der Waals surface area (Å²) in [5.41, 5.74) is 1.31. The minimum Gasteiger partial charge on any atom is -0.382 e. The Labute approximate surface area is 122 Å². The SMILES string of the molecule is Cc1cc([N+](=O)[O-])cc(Cl)c1NCCNC(=O)C(C)C. The Kier molecular flexibility index (Phi) is 5.76. The number of hydrogen-bond acceptors (Lipinski definition) is 4. The van der Waals surface area contributed by atoms with E-state index >= 15 is 0 Å². The minimum absolute atomic E-state index is 0.0154. The van der Waals surface area contributed by atoms with Crippen molar-refractivity contribution in [2.45, 2.75) is 20.8 Å². The molecule has 0 saturated heterocycles. The molecule has 0 aliphatic carbocycles. The number of rotatable bonds is 6. The molecule has 0 unspecified atom stereocenters. The van der Waals surface area contributed by atoms with Crippen molar-refractivity contribution in [1.29, 1.82) is 0 Å². The van der Waals surface area contributed by atoms with Crippen LogP contribution in [-0.2, 0) is 4.79 Å². The van der Waals surface area contributed by atoms with Gasteiger partial charge < -0.3 is 10.6 Å². The van der Waals surface area contributed by atoms with E-state index in [1.807, 2.05) is 13.8 Å². The molecular formula is C13H18ClN3O3. The summed E-state index contributed by atoms with van der Waals surface area (Å²) in [7, 11) is 0. The molecule has 0 bridgehead atoms. The Morgan fingerprint density at radius 1 is 1.40 bits per heavy atom. The van der Waals surface area contributed by atoms with E-state index in [4.69, 9.17) is 11.6 Å². The number of carbonyl (C=O) groups is 1. The van der Waals surface area contributed by atoms with Crippen LogP contribution in [0.25, 0.3) is 0 Å². The van der Waals surface area contributed by atoms with E-state index in [2.05, 4.69) is 10.6 Å². The monoisotopic (exact) mass is 299 g/mol. The van der Waals surface area contributed by atoms with E-state index in [0.717, 1.165) is 0 Å². The number of non-ortho nitro benzene ring substituents is 1. The normalized spacial score (nSPS) is 10.4. The van der Waals surface area contributed by atoms with Crippen LogP contribution >= 0.6 is 11.6 Å². The molecule has 0 aliphatic rings. The van der Waals surface area contributed by atoms with Crippen molar-refractivity contribution in [1.82, 2.24) is 5.32 Å². The number of anilines is 1. The second-order valence-corrected chi connectivity index (χ2v) is 5.16. The van der Waals surface area contributed by atoms with Crippen molar-refractivity contribution in [3.63, 3.8) is 0 Å². The first-order valence-electron chi connectivity index (χ1n) is 6.29. The van der Waals surface area contributed by atoms with Crippen LogP contribution in [0, 0.1) is 23.0 Å². The molecule has 1 amide bonds. The Morgan fingerprint density at radius 2 is 2.05 bits per heavy atom. The topological polar surface area (TPSA) is 84.3 Å². The summed E-state index contributed by atoms with van der Waals surface area (Å²) in [6.45, 7) is 6.34. The summed E-state index contributed by atoms with van der Waals surface area (Å²) >= 11 is 6.02. The highest BCUT2D eigenvalue weighted by Gasteiger charge is 2.13. The predicted octanol–water partition coefficient (Wildman–Crippen LogP) is 2.74. The first-order valence-corrected chi connectivity index (χ1v) is 6.67. The lowest BCUT2D eigenvalue weighted by Gasteiger charge is -2.12. The van der Waals surface area contributed by atoms with Crippen LogP contribution < -0.4 is 10.6 Å². The Bertz CT molecular complexity index is 495. The van der Waals surface area contributed by atoms with Gasteiger partial charge in [0.25, 0.3) is 5.69 Å². The van der Waals surface area contributed by atoms with Crippen molar-refractivity contribution in [2.24, 2.45) is 5.92 Å². The molecule has 0 radical (unpaired) electrons. The third kappa shape index (κ3) is 4.38. The second-order valence-electron chi connectivity index (χ2n) is 4.75. The van der Waals surface area contributed by atoms with E-state index < -0.39 is 4.92 Å². The number of nitrogens with one attached hydrogen (secondary N) is 2. The van der Waals surface area contributed by atoms with Crippen LogP contribution in [0.15, 0.2) is 12.1 Å². The van der Waals surface area contributed by atoms with Crippen LogP contribution in [-0.4, -0.2) is 23.9 Å². The van der Waals surface area contributed by atoms with Crippen LogP contribution in [0.3, 0.4) is 0 Å². The smallest absolute Gasteiger partial charge is 0.271 e. The lowest BCUT2D eigenvalue weighted by atomic mass is 10.1. The quantitative estimate of drug-likeness (QED) is 0.480. The Balaban J connectivity index is 2.61. The Hall–Kier alpha value is -1.82. The highest BCUT2D eigenvalue weighted by molar-refractivity contribution is 6.33. The standard InChI is InChI=1S/C13H18ClN3O3/c1-8(2)13(18)16-5-4-15-12-9(3)6-10(17(19)20)7-11(12)14/h6-8,15H,4-5H2,1-3H3,(H,16,18). The van der Waals surface area contributed by atoms with E-state index in [-0.39, 0.29) is 17.5 Å². The summed E-state index contributed by atoms with van der Waals surface area (Å²) in [4.78, 5) is 21.6. The summed E-state index contributed by atoms with van der Waals surface area (Å²) in [5, 5.41) is 16.8. The van der Waals surface area contributed by atoms with E-state index in [0.29, 0.717) is 29.4 Å². The zero-order valence-corrected chi connectivity index (χ0v) is 12.5. The molecule has 0 heterocycles. The van der Waals surface area contributed by atoms with Crippen molar-refractivity contribution in [2.75, 3.05) is 18.4 Å². The van der Waals surface area contributed by atoms with E-state index in [9.17, 15) is 14.9 Å². The molecule has 0 aromatic heterocycles. The molecule has 0 spiro atoms. The largest absolute Gasteiger partial charge is 0.382 e. The number of nitrogens with zero attached hydrogens (tertiary/aromatic N) is 1. The lowest BCUT2D eigenvalue weighted by Crippen LogP contribution is -2.32. The van der Waals surface area contributed by atoms with Gasteiger partial charge in [0.15, 0.2) is 0 Å². The van der Waals surface area contributed by atoms with E-state index in [1.54, 1.807) is 6.92 Å².